The number of aromatic nitrogens is 1. The van der Waals surface area contributed by atoms with Crippen molar-refractivity contribution in [3.05, 3.63) is 107 Å². The van der Waals surface area contributed by atoms with E-state index in [0.717, 1.165) is 27.4 Å². The van der Waals surface area contributed by atoms with Crippen LogP contribution in [0.15, 0.2) is 91.0 Å². The van der Waals surface area contributed by atoms with Gasteiger partial charge in [0, 0.05) is 6.08 Å². The lowest BCUT2D eigenvalue weighted by Gasteiger charge is -2.07. The Balaban J connectivity index is 1.55. The smallest absolute Gasteiger partial charge is 0.341 e. The molecule has 0 bridgehead atoms. The lowest BCUT2D eigenvalue weighted by atomic mass is 10.2. The van der Waals surface area contributed by atoms with Crippen LogP contribution in [0.4, 0.5) is 0 Å². The van der Waals surface area contributed by atoms with Crippen LogP contribution in [0, 0.1) is 0 Å². The van der Waals surface area contributed by atoms with E-state index < -0.39 is 11.9 Å². The third kappa shape index (κ3) is 5.43. The summed E-state index contributed by atoms with van der Waals surface area (Å²) < 4.78 is 11.7. The molecule has 6 heteroatoms. The van der Waals surface area contributed by atoms with Gasteiger partial charge in [-0.1, -0.05) is 72.8 Å². The topological polar surface area (TPSA) is 65.5 Å². The van der Waals surface area contributed by atoms with Crippen LogP contribution in [-0.2, 0) is 32.3 Å². The van der Waals surface area contributed by atoms with Gasteiger partial charge in [-0.05, 0) is 23.3 Å². The molecule has 0 saturated carbocycles. The average Bonchev–Trinajstić information content (AvgIpc) is 3.25. The number of hydrogen-bond acceptors (Lipinski definition) is 6. The first-order valence-corrected chi connectivity index (χ1v) is 10.5. The molecule has 5 nitrogen and oxygen atoms in total. The van der Waals surface area contributed by atoms with Crippen LogP contribution in [0.1, 0.15) is 16.1 Å². The number of ether oxygens (including phenoxy) is 2. The predicted octanol–water partition coefficient (Wildman–Crippen LogP) is 5.17. The summed E-state index contributed by atoms with van der Waals surface area (Å²) in [5.74, 6) is -1.26. The van der Waals surface area contributed by atoms with Crippen molar-refractivity contribution in [1.82, 2.24) is 4.98 Å². The van der Waals surface area contributed by atoms with Crippen molar-refractivity contribution in [3.8, 4) is 0 Å². The summed E-state index contributed by atoms with van der Waals surface area (Å²) in [6, 6.07) is 26.2. The van der Waals surface area contributed by atoms with Gasteiger partial charge in [-0.15, -0.1) is 11.3 Å². The minimum Gasteiger partial charge on any atom is -0.458 e. The van der Waals surface area contributed by atoms with Gasteiger partial charge >= 0.3 is 11.9 Å². The number of esters is 2. The molecule has 0 N–H and O–H groups in total. The van der Waals surface area contributed by atoms with Crippen LogP contribution in [0.5, 0.6) is 0 Å². The number of nitrogens with zero attached hydrogens (tertiary/aromatic N) is 1. The number of hydrogen-bond donors (Lipinski definition) is 0. The summed E-state index contributed by atoms with van der Waals surface area (Å²) in [5.41, 5.74) is 2.54. The van der Waals surface area contributed by atoms with Crippen LogP contribution in [0.25, 0.3) is 15.8 Å². The minimum absolute atomic E-state index is 0.0789. The van der Waals surface area contributed by atoms with Gasteiger partial charge in [0.2, 0.25) is 0 Å². The second-order valence-corrected chi connectivity index (χ2v) is 7.73. The fourth-order valence-electron chi connectivity index (χ4n) is 2.88. The molecule has 3 aromatic carbocycles. The Labute approximate surface area is 183 Å². The van der Waals surface area contributed by atoms with Crippen molar-refractivity contribution >= 4 is 39.1 Å². The van der Waals surface area contributed by atoms with Crippen molar-refractivity contribution < 1.29 is 19.1 Å². The highest BCUT2D eigenvalue weighted by atomic mass is 32.1. The van der Waals surface area contributed by atoms with Crippen molar-refractivity contribution in [2.75, 3.05) is 0 Å². The fourth-order valence-corrected chi connectivity index (χ4v) is 3.85. The second kappa shape index (κ2) is 9.82. The summed E-state index contributed by atoms with van der Waals surface area (Å²) in [6.45, 7) is 0.212. The first-order chi connectivity index (χ1) is 15.2. The van der Waals surface area contributed by atoms with Gasteiger partial charge in [0.25, 0.3) is 0 Å². The highest BCUT2D eigenvalue weighted by Gasteiger charge is 2.20. The second-order valence-electron chi connectivity index (χ2n) is 6.70. The zero-order chi connectivity index (χ0) is 21.5. The summed E-state index contributed by atoms with van der Waals surface area (Å²) in [7, 11) is 0. The highest BCUT2D eigenvalue weighted by Crippen LogP contribution is 2.28. The third-order valence-electron chi connectivity index (χ3n) is 4.44. The molecule has 0 unspecified atom stereocenters. The molecule has 4 rings (SSSR count). The first-order valence-electron chi connectivity index (χ1n) is 9.68. The Morgan fingerprint density at radius 1 is 0.774 bits per heavy atom. The Morgan fingerprint density at radius 2 is 1.35 bits per heavy atom. The zero-order valence-electron chi connectivity index (χ0n) is 16.6. The van der Waals surface area contributed by atoms with Gasteiger partial charge in [0.05, 0.1) is 10.2 Å². The lowest BCUT2D eigenvalue weighted by molar-refractivity contribution is -0.141. The highest BCUT2D eigenvalue weighted by molar-refractivity contribution is 7.19. The Hall–Kier alpha value is -3.77. The molecule has 1 heterocycles. The molecular weight excluding hydrogens is 410 g/mol. The molecular formula is C25H19NO4S. The summed E-state index contributed by atoms with van der Waals surface area (Å²) in [4.78, 5) is 29.8. The molecule has 0 atom stereocenters. The quantitative estimate of drug-likeness (QED) is 0.300. The molecule has 31 heavy (non-hydrogen) atoms. The third-order valence-corrected chi connectivity index (χ3v) is 5.51. The molecule has 0 fully saturated rings. The maximum absolute atomic E-state index is 12.9. The summed E-state index contributed by atoms with van der Waals surface area (Å²) in [5, 5.41) is 0.413. The van der Waals surface area contributed by atoms with E-state index in [9.17, 15) is 9.59 Å². The number of para-hydroxylation sites is 1. The maximum atomic E-state index is 12.9. The van der Waals surface area contributed by atoms with Crippen LogP contribution in [-0.4, -0.2) is 16.9 Å². The largest absolute Gasteiger partial charge is 0.458 e. The zero-order valence-corrected chi connectivity index (χ0v) is 17.4. The summed E-state index contributed by atoms with van der Waals surface area (Å²) in [6.07, 6.45) is 1.16. The van der Waals surface area contributed by atoms with E-state index in [-0.39, 0.29) is 18.8 Å². The maximum Gasteiger partial charge on any atom is 0.341 e. The lowest BCUT2D eigenvalue weighted by Crippen LogP contribution is -2.10. The molecule has 0 amide bonds. The van der Waals surface area contributed by atoms with E-state index in [1.54, 1.807) is 0 Å². The van der Waals surface area contributed by atoms with E-state index >= 15 is 0 Å². The van der Waals surface area contributed by atoms with Crippen molar-refractivity contribution in [2.45, 2.75) is 13.2 Å². The van der Waals surface area contributed by atoms with E-state index in [2.05, 4.69) is 4.98 Å². The molecule has 0 radical (unpaired) electrons. The SMILES string of the molecule is O=C(/C=C(\C(=O)OCc1ccccc1)c1nc2ccccc2s1)OCc1ccccc1. The van der Waals surface area contributed by atoms with E-state index in [1.807, 2.05) is 84.9 Å². The molecule has 0 aliphatic heterocycles. The number of carbonyl (C=O) groups excluding carboxylic acids is 2. The van der Waals surface area contributed by atoms with Crippen LogP contribution < -0.4 is 0 Å². The monoisotopic (exact) mass is 429 g/mol. The fraction of sp³-hybridized carbons (Fsp3) is 0.0800. The Kier molecular flexibility index (Phi) is 6.50. The van der Waals surface area contributed by atoms with Crippen LogP contribution in [0.3, 0.4) is 0 Å². The first kappa shape index (κ1) is 20.5. The van der Waals surface area contributed by atoms with Crippen LogP contribution in [0.2, 0.25) is 0 Å². The normalized spacial score (nSPS) is 11.3. The van der Waals surface area contributed by atoms with Crippen molar-refractivity contribution in [1.29, 1.82) is 0 Å². The van der Waals surface area contributed by atoms with E-state index in [4.69, 9.17) is 9.47 Å². The Bertz CT molecular complexity index is 1180. The number of carbonyl (C=O) groups is 2. The van der Waals surface area contributed by atoms with Gasteiger partial charge in [0.1, 0.15) is 23.8 Å². The standard InChI is InChI=1S/C25H19NO4S/c27-23(29-16-18-9-3-1-4-10-18)15-20(24-26-21-13-7-8-14-22(21)31-24)25(28)30-17-19-11-5-2-6-12-19/h1-15H,16-17H2/b20-15-. The molecule has 0 spiro atoms. The molecule has 154 valence electrons. The van der Waals surface area contributed by atoms with Gasteiger partial charge in [-0.3, -0.25) is 0 Å². The van der Waals surface area contributed by atoms with Gasteiger partial charge < -0.3 is 9.47 Å². The molecule has 0 aliphatic carbocycles. The van der Waals surface area contributed by atoms with E-state index in [1.165, 1.54) is 11.3 Å². The Morgan fingerprint density at radius 3 is 2.00 bits per heavy atom. The minimum atomic E-state index is -0.630. The van der Waals surface area contributed by atoms with Gasteiger partial charge in [-0.2, -0.15) is 0 Å². The van der Waals surface area contributed by atoms with Crippen LogP contribution >= 0.6 is 11.3 Å². The number of thiazole rings is 1. The van der Waals surface area contributed by atoms with Gasteiger partial charge in [-0.25, -0.2) is 14.6 Å². The van der Waals surface area contributed by atoms with Crippen molar-refractivity contribution in [2.24, 2.45) is 0 Å². The molecule has 1 aromatic heterocycles. The number of benzene rings is 3. The van der Waals surface area contributed by atoms with Crippen molar-refractivity contribution in [3.63, 3.8) is 0 Å². The average molecular weight is 429 g/mol. The number of rotatable bonds is 7. The molecule has 0 aliphatic rings. The molecule has 0 saturated heterocycles. The van der Waals surface area contributed by atoms with Gasteiger partial charge in [0.15, 0.2) is 0 Å². The predicted molar refractivity (Wildman–Crippen MR) is 120 cm³/mol. The van der Waals surface area contributed by atoms with E-state index in [0.29, 0.717) is 5.01 Å². The summed E-state index contributed by atoms with van der Waals surface area (Å²) >= 11 is 1.32. The number of fused-ring (bicyclic) bond motifs is 1. The molecule has 4 aromatic rings.